The molecule has 1 amide bonds. The molecule has 2 N–H and O–H groups in total. The summed E-state index contributed by atoms with van der Waals surface area (Å²) in [5.41, 5.74) is 0.753. The molecule has 19 heavy (non-hydrogen) atoms. The molecule has 0 aromatic carbocycles. The number of hydrogen-bond donors (Lipinski definition) is 2. The van der Waals surface area contributed by atoms with E-state index in [9.17, 15) is 4.79 Å². The van der Waals surface area contributed by atoms with Crippen molar-refractivity contribution in [1.82, 2.24) is 20.2 Å². The molecule has 2 aliphatic rings. The molecule has 0 bridgehead atoms. The Balaban J connectivity index is 1.84. The number of rotatable bonds is 2. The van der Waals surface area contributed by atoms with Crippen molar-refractivity contribution < 1.29 is 4.79 Å². The lowest BCUT2D eigenvalue weighted by Crippen LogP contribution is -2.46. The average molecular weight is 261 g/mol. The monoisotopic (exact) mass is 261 g/mol. The lowest BCUT2D eigenvalue weighted by molar-refractivity contribution is -0.120. The maximum Gasteiger partial charge on any atom is 0.257 e. The van der Waals surface area contributed by atoms with Crippen LogP contribution >= 0.6 is 0 Å². The van der Waals surface area contributed by atoms with Crippen LogP contribution in [0.3, 0.4) is 0 Å². The smallest absolute Gasteiger partial charge is 0.257 e. The highest BCUT2D eigenvalue weighted by Gasteiger charge is 2.35. The van der Waals surface area contributed by atoms with Crippen LogP contribution in [0.1, 0.15) is 51.4 Å². The summed E-state index contributed by atoms with van der Waals surface area (Å²) in [5.74, 6) is 0.459. The number of nitrogens with zero attached hydrogens (tertiary/aromatic N) is 3. The molecule has 0 spiro atoms. The molecule has 1 saturated carbocycles. The molecule has 1 aliphatic heterocycles. The minimum atomic E-state index is -0.479. The van der Waals surface area contributed by atoms with Gasteiger partial charge in [0.15, 0.2) is 12.0 Å². The number of hydrogen-bond acceptors (Lipinski definition) is 4. The zero-order chi connectivity index (χ0) is 13.6. The van der Waals surface area contributed by atoms with Gasteiger partial charge in [-0.05, 0) is 33.6 Å². The van der Waals surface area contributed by atoms with E-state index in [1.54, 1.807) is 12.5 Å². The van der Waals surface area contributed by atoms with Crippen LogP contribution in [0.15, 0.2) is 17.5 Å². The van der Waals surface area contributed by atoms with Crippen LogP contribution in [0, 0.1) is 0 Å². The minimum absolute atomic E-state index is 0.0887. The normalized spacial score (nSPS) is 23.2. The molecule has 1 aromatic rings. The summed E-state index contributed by atoms with van der Waals surface area (Å²) in [6.45, 7) is 6.09. The van der Waals surface area contributed by atoms with Gasteiger partial charge in [-0.15, -0.1) is 0 Å². The average Bonchev–Trinajstić information content (AvgIpc) is 2.91. The van der Waals surface area contributed by atoms with Gasteiger partial charge in [0, 0.05) is 11.6 Å². The zero-order valence-electron chi connectivity index (χ0n) is 11.5. The van der Waals surface area contributed by atoms with Crippen molar-refractivity contribution in [1.29, 1.82) is 0 Å². The van der Waals surface area contributed by atoms with Crippen LogP contribution in [-0.4, -0.2) is 27.0 Å². The second kappa shape index (κ2) is 4.08. The molecule has 3 rings (SSSR count). The summed E-state index contributed by atoms with van der Waals surface area (Å²) >= 11 is 0. The Morgan fingerprint density at radius 3 is 2.79 bits per heavy atom. The van der Waals surface area contributed by atoms with Gasteiger partial charge in [0.25, 0.3) is 5.91 Å². The third-order valence-electron chi connectivity index (χ3n) is 3.16. The quantitative estimate of drug-likeness (QED) is 0.838. The Hall–Kier alpha value is -1.85. The molecule has 0 saturated heterocycles. The van der Waals surface area contributed by atoms with E-state index >= 15 is 0 Å². The Kier molecular flexibility index (Phi) is 2.62. The van der Waals surface area contributed by atoms with Crippen LogP contribution in [0.2, 0.25) is 0 Å². The summed E-state index contributed by atoms with van der Waals surface area (Å²) in [6, 6.07) is 0.0214. The molecule has 1 atom stereocenters. The highest BCUT2D eigenvalue weighted by molar-refractivity contribution is 6.05. The Morgan fingerprint density at radius 1 is 1.42 bits per heavy atom. The van der Waals surface area contributed by atoms with Gasteiger partial charge in [-0.1, -0.05) is 0 Å². The summed E-state index contributed by atoms with van der Waals surface area (Å²) in [5, 5.41) is 5.99. The Morgan fingerprint density at radius 2 is 2.16 bits per heavy atom. The van der Waals surface area contributed by atoms with Gasteiger partial charge in [0.2, 0.25) is 0 Å². The number of carbonyl (C=O) groups excluding carboxylic acids is 1. The first-order valence-corrected chi connectivity index (χ1v) is 6.62. The highest BCUT2D eigenvalue weighted by Crippen LogP contribution is 2.37. The summed E-state index contributed by atoms with van der Waals surface area (Å²) in [7, 11) is 0. The second-order valence-electron chi connectivity index (χ2n) is 6.20. The third-order valence-corrected chi connectivity index (χ3v) is 3.16. The first-order chi connectivity index (χ1) is 8.94. The van der Waals surface area contributed by atoms with Crippen LogP contribution in [0.4, 0.5) is 0 Å². The molecule has 6 heteroatoms. The fraction of sp³-hybridized carbons (Fsp3) is 0.615. The van der Waals surface area contributed by atoms with E-state index in [4.69, 9.17) is 0 Å². The second-order valence-corrected chi connectivity index (χ2v) is 6.20. The molecule has 2 heterocycles. The van der Waals surface area contributed by atoms with E-state index in [1.165, 1.54) is 0 Å². The molecule has 102 valence electrons. The topological polar surface area (TPSA) is 71.3 Å². The number of aliphatic imine (C=N–C) groups is 1. The first-order valence-electron chi connectivity index (χ1n) is 6.62. The van der Waals surface area contributed by atoms with Crippen molar-refractivity contribution in [3.8, 4) is 0 Å². The minimum Gasteiger partial charge on any atom is -0.351 e. The first kappa shape index (κ1) is 12.2. The van der Waals surface area contributed by atoms with E-state index in [-0.39, 0.29) is 11.4 Å². The number of imidazole rings is 1. The van der Waals surface area contributed by atoms with E-state index in [0.29, 0.717) is 12.0 Å². The van der Waals surface area contributed by atoms with Crippen molar-refractivity contribution in [2.24, 2.45) is 4.99 Å². The SMILES string of the molecule is CC(C)(C)NC1=NC(c2cncn2C2CC2)C(=O)N1. The molecule has 0 radical (unpaired) electrons. The zero-order valence-corrected chi connectivity index (χ0v) is 11.5. The predicted octanol–water partition coefficient (Wildman–Crippen LogP) is 1.13. The van der Waals surface area contributed by atoms with Crippen LogP contribution in [0.25, 0.3) is 0 Å². The molecule has 1 unspecified atom stereocenters. The van der Waals surface area contributed by atoms with Crippen molar-refractivity contribution in [3.63, 3.8) is 0 Å². The predicted molar refractivity (Wildman–Crippen MR) is 71.7 cm³/mol. The van der Waals surface area contributed by atoms with E-state index in [2.05, 4.69) is 25.2 Å². The van der Waals surface area contributed by atoms with Gasteiger partial charge in [0.05, 0.1) is 18.2 Å². The van der Waals surface area contributed by atoms with Crippen LogP contribution in [0.5, 0.6) is 0 Å². The maximum absolute atomic E-state index is 12.1. The lowest BCUT2D eigenvalue weighted by atomic mass is 10.1. The standard InChI is InChI=1S/C13H19N5O/c1-13(2,3)17-12-15-10(11(19)16-12)9-6-14-7-18(9)8-4-5-8/h6-8,10H,4-5H2,1-3H3,(H2,15,16,17,19). The third kappa shape index (κ3) is 2.47. The Bertz CT molecular complexity index is 535. The molecule has 6 nitrogen and oxygen atoms in total. The number of guanidine groups is 1. The number of carbonyl (C=O) groups is 1. The lowest BCUT2D eigenvalue weighted by Gasteiger charge is -2.21. The fourth-order valence-electron chi connectivity index (χ4n) is 2.21. The van der Waals surface area contributed by atoms with Gasteiger partial charge in [-0.25, -0.2) is 9.98 Å². The summed E-state index contributed by atoms with van der Waals surface area (Å²) < 4.78 is 2.08. The van der Waals surface area contributed by atoms with Gasteiger partial charge < -0.3 is 9.88 Å². The molecule has 1 aromatic heterocycles. The van der Waals surface area contributed by atoms with E-state index in [0.717, 1.165) is 18.5 Å². The summed E-state index contributed by atoms with van der Waals surface area (Å²) in [6.07, 6.45) is 5.86. The van der Waals surface area contributed by atoms with Crippen molar-refractivity contribution in [3.05, 3.63) is 18.2 Å². The summed E-state index contributed by atoms with van der Waals surface area (Å²) in [4.78, 5) is 20.7. The van der Waals surface area contributed by atoms with Gasteiger partial charge >= 0.3 is 0 Å². The Labute approximate surface area is 112 Å². The van der Waals surface area contributed by atoms with Gasteiger partial charge in [-0.3, -0.25) is 10.1 Å². The van der Waals surface area contributed by atoms with Crippen molar-refractivity contribution >= 4 is 11.9 Å². The van der Waals surface area contributed by atoms with Gasteiger partial charge in [0.1, 0.15) is 0 Å². The molecule has 1 fully saturated rings. The maximum atomic E-state index is 12.1. The van der Waals surface area contributed by atoms with E-state index in [1.807, 2.05) is 20.8 Å². The largest absolute Gasteiger partial charge is 0.351 e. The van der Waals surface area contributed by atoms with Crippen LogP contribution in [-0.2, 0) is 4.79 Å². The molecular weight excluding hydrogens is 242 g/mol. The molecule has 1 aliphatic carbocycles. The molecular formula is C13H19N5O. The fourth-order valence-corrected chi connectivity index (χ4v) is 2.21. The van der Waals surface area contributed by atoms with E-state index < -0.39 is 6.04 Å². The highest BCUT2D eigenvalue weighted by atomic mass is 16.2. The number of nitrogens with one attached hydrogen (secondary N) is 2. The van der Waals surface area contributed by atoms with Crippen molar-refractivity contribution in [2.75, 3.05) is 0 Å². The number of amides is 1. The number of aromatic nitrogens is 2. The van der Waals surface area contributed by atoms with Crippen LogP contribution < -0.4 is 10.6 Å². The van der Waals surface area contributed by atoms with Crippen molar-refractivity contribution in [2.45, 2.75) is 51.2 Å². The van der Waals surface area contributed by atoms with Gasteiger partial charge in [-0.2, -0.15) is 0 Å².